The number of hydrogen-bond acceptors (Lipinski definition) is 3. The van der Waals surface area contributed by atoms with E-state index in [0.717, 1.165) is 0 Å². The molecule has 1 aromatic heterocycles. The van der Waals surface area contributed by atoms with Gasteiger partial charge in [0, 0.05) is 5.41 Å². The molecule has 0 fully saturated rings. The molecule has 1 N–H and O–H groups in total. The molecule has 0 bridgehead atoms. The van der Waals surface area contributed by atoms with E-state index in [1.54, 1.807) is 18.2 Å². The summed E-state index contributed by atoms with van der Waals surface area (Å²) in [6.07, 6.45) is 0. The maximum absolute atomic E-state index is 11.1. The van der Waals surface area contributed by atoms with Gasteiger partial charge in [0.1, 0.15) is 5.82 Å². The molecule has 0 aliphatic heterocycles. The number of halogens is 2. The van der Waals surface area contributed by atoms with Crippen LogP contribution in [0.15, 0.2) is 18.2 Å². The molecule has 2 rings (SSSR count). The summed E-state index contributed by atoms with van der Waals surface area (Å²) in [5, 5.41) is 13.8. The van der Waals surface area contributed by atoms with Crippen LogP contribution >= 0.6 is 23.2 Å². The molecule has 1 heterocycles. The zero-order valence-corrected chi connectivity index (χ0v) is 12.7. The summed E-state index contributed by atoms with van der Waals surface area (Å²) in [6.45, 7) is 5.74. The fraction of sp³-hybridized carbons (Fsp3) is 0.308. The van der Waals surface area contributed by atoms with Crippen molar-refractivity contribution in [1.29, 1.82) is 0 Å². The van der Waals surface area contributed by atoms with Gasteiger partial charge in [0.25, 0.3) is 5.82 Å². The van der Waals surface area contributed by atoms with E-state index < -0.39 is 11.4 Å². The first-order chi connectivity index (χ1) is 9.21. The molecule has 0 unspecified atom stereocenters. The van der Waals surface area contributed by atoms with E-state index in [1.165, 1.54) is 4.68 Å². The van der Waals surface area contributed by atoms with Crippen molar-refractivity contribution >= 4 is 29.2 Å². The lowest BCUT2D eigenvalue weighted by Crippen LogP contribution is -2.19. The number of carboxylic acids is 1. The first-order valence-corrected chi connectivity index (χ1v) is 6.62. The second-order valence-corrected chi connectivity index (χ2v) is 6.08. The Labute approximate surface area is 126 Å². The van der Waals surface area contributed by atoms with Crippen LogP contribution in [0, 0.1) is 0 Å². The highest BCUT2D eigenvalue weighted by atomic mass is 35.5. The summed E-state index contributed by atoms with van der Waals surface area (Å²) in [4.78, 5) is 15.2. The lowest BCUT2D eigenvalue weighted by molar-refractivity contribution is 0.0683. The van der Waals surface area contributed by atoms with Crippen molar-refractivity contribution in [2.75, 3.05) is 0 Å². The van der Waals surface area contributed by atoms with Crippen LogP contribution in [0.3, 0.4) is 0 Å². The Balaban J connectivity index is 2.72. The van der Waals surface area contributed by atoms with Crippen molar-refractivity contribution in [3.05, 3.63) is 39.9 Å². The highest BCUT2D eigenvalue weighted by Gasteiger charge is 2.27. The minimum absolute atomic E-state index is 0.272. The summed E-state index contributed by atoms with van der Waals surface area (Å²) in [7, 11) is 0. The Morgan fingerprint density at radius 3 is 2.50 bits per heavy atom. The summed E-state index contributed by atoms with van der Waals surface area (Å²) in [5.41, 5.74) is 0.107. The highest BCUT2D eigenvalue weighted by Crippen LogP contribution is 2.31. The molecule has 0 amide bonds. The Morgan fingerprint density at radius 1 is 1.30 bits per heavy atom. The number of nitrogens with zero attached hydrogens (tertiary/aromatic N) is 3. The lowest BCUT2D eigenvalue weighted by Gasteiger charge is -2.18. The maximum atomic E-state index is 11.1. The SMILES string of the molecule is CC(C)(C)c1nc(C(=O)O)nn1-c1cccc(Cl)c1Cl. The average molecular weight is 314 g/mol. The Morgan fingerprint density at radius 2 is 1.95 bits per heavy atom. The monoisotopic (exact) mass is 313 g/mol. The van der Waals surface area contributed by atoms with Crippen LogP contribution in [0.1, 0.15) is 37.2 Å². The van der Waals surface area contributed by atoms with Gasteiger partial charge < -0.3 is 5.11 Å². The number of benzene rings is 1. The van der Waals surface area contributed by atoms with Crippen molar-refractivity contribution in [2.45, 2.75) is 26.2 Å². The van der Waals surface area contributed by atoms with Gasteiger partial charge in [-0.15, -0.1) is 5.10 Å². The van der Waals surface area contributed by atoms with Gasteiger partial charge in [0.2, 0.25) is 0 Å². The van der Waals surface area contributed by atoms with Crippen LogP contribution in [-0.4, -0.2) is 25.8 Å². The van der Waals surface area contributed by atoms with Gasteiger partial charge in [0.05, 0.1) is 15.7 Å². The van der Waals surface area contributed by atoms with Gasteiger partial charge in [-0.25, -0.2) is 14.5 Å². The number of carbonyl (C=O) groups is 1. The molecule has 1 aromatic carbocycles. The van der Waals surface area contributed by atoms with Crippen LogP contribution in [0.25, 0.3) is 5.69 Å². The van der Waals surface area contributed by atoms with Gasteiger partial charge in [-0.2, -0.15) is 0 Å². The van der Waals surface area contributed by atoms with Crippen molar-refractivity contribution in [2.24, 2.45) is 0 Å². The zero-order valence-electron chi connectivity index (χ0n) is 11.2. The lowest BCUT2D eigenvalue weighted by atomic mass is 9.95. The van der Waals surface area contributed by atoms with Crippen molar-refractivity contribution in [3.63, 3.8) is 0 Å². The number of aromatic nitrogens is 3. The van der Waals surface area contributed by atoms with Gasteiger partial charge in [-0.05, 0) is 12.1 Å². The molecule has 0 radical (unpaired) electrons. The molecule has 20 heavy (non-hydrogen) atoms. The van der Waals surface area contributed by atoms with Gasteiger partial charge in [-0.3, -0.25) is 0 Å². The molecule has 0 atom stereocenters. The van der Waals surface area contributed by atoms with E-state index >= 15 is 0 Å². The van der Waals surface area contributed by atoms with Crippen LogP contribution in [0.5, 0.6) is 0 Å². The molecule has 0 spiro atoms. The van der Waals surface area contributed by atoms with Crippen LogP contribution in [0.2, 0.25) is 10.0 Å². The van der Waals surface area contributed by atoms with E-state index in [2.05, 4.69) is 10.1 Å². The molecule has 5 nitrogen and oxygen atoms in total. The summed E-state index contributed by atoms with van der Waals surface area (Å²) < 4.78 is 1.43. The van der Waals surface area contributed by atoms with E-state index in [4.69, 9.17) is 28.3 Å². The Bertz CT molecular complexity index is 675. The molecular formula is C13H13Cl2N3O2. The smallest absolute Gasteiger partial charge is 0.375 e. The van der Waals surface area contributed by atoms with Gasteiger partial charge in [-0.1, -0.05) is 50.0 Å². The fourth-order valence-corrected chi connectivity index (χ4v) is 2.09. The number of rotatable bonds is 2. The third-order valence-corrected chi connectivity index (χ3v) is 3.44. The maximum Gasteiger partial charge on any atom is 0.375 e. The fourth-order valence-electron chi connectivity index (χ4n) is 1.71. The molecule has 2 aromatic rings. The van der Waals surface area contributed by atoms with E-state index in [0.29, 0.717) is 21.6 Å². The molecule has 106 valence electrons. The molecular weight excluding hydrogens is 301 g/mol. The van der Waals surface area contributed by atoms with E-state index in [9.17, 15) is 4.79 Å². The number of aromatic carboxylic acids is 1. The van der Waals surface area contributed by atoms with Crippen molar-refractivity contribution in [3.8, 4) is 5.69 Å². The molecule has 7 heteroatoms. The van der Waals surface area contributed by atoms with E-state index in [-0.39, 0.29) is 5.82 Å². The first kappa shape index (κ1) is 14.8. The molecule has 0 aliphatic rings. The standard InChI is InChI=1S/C13H13Cl2N3O2/c1-13(2,3)12-16-10(11(19)20)17-18(12)8-6-4-5-7(14)9(8)15/h4-6H,1-3H3,(H,19,20). The summed E-state index contributed by atoms with van der Waals surface area (Å²) in [5.74, 6) is -0.961. The predicted octanol–water partition coefficient (Wildman–Crippen LogP) is 3.57. The van der Waals surface area contributed by atoms with E-state index in [1.807, 2.05) is 20.8 Å². The summed E-state index contributed by atoms with van der Waals surface area (Å²) >= 11 is 12.2. The third kappa shape index (κ3) is 2.64. The second-order valence-electron chi connectivity index (χ2n) is 5.30. The normalized spacial score (nSPS) is 11.7. The quantitative estimate of drug-likeness (QED) is 0.920. The minimum Gasteiger partial charge on any atom is -0.475 e. The highest BCUT2D eigenvalue weighted by molar-refractivity contribution is 6.43. The van der Waals surface area contributed by atoms with Crippen LogP contribution < -0.4 is 0 Å². The minimum atomic E-state index is -1.19. The largest absolute Gasteiger partial charge is 0.475 e. The number of hydrogen-bond donors (Lipinski definition) is 1. The first-order valence-electron chi connectivity index (χ1n) is 5.87. The summed E-state index contributed by atoms with van der Waals surface area (Å²) in [6, 6.07) is 5.08. The van der Waals surface area contributed by atoms with Crippen LogP contribution in [-0.2, 0) is 5.41 Å². The molecule has 0 saturated carbocycles. The van der Waals surface area contributed by atoms with Crippen molar-refractivity contribution < 1.29 is 9.90 Å². The third-order valence-electron chi connectivity index (χ3n) is 2.63. The Kier molecular flexibility index (Phi) is 3.75. The predicted molar refractivity (Wildman–Crippen MR) is 77.0 cm³/mol. The average Bonchev–Trinajstić information content (AvgIpc) is 2.77. The van der Waals surface area contributed by atoms with Gasteiger partial charge >= 0.3 is 5.97 Å². The zero-order chi connectivity index (χ0) is 15.1. The van der Waals surface area contributed by atoms with Crippen LogP contribution in [0.4, 0.5) is 0 Å². The van der Waals surface area contributed by atoms with Gasteiger partial charge in [0.15, 0.2) is 0 Å². The Hall–Kier alpha value is -1.59. The number of carboxylic acid groups (broad SMARTS) is 1. The second kappa shape index (κ2) is 5.07. The molecule has 0 aliphatic carbocycles. The van der Waals surface area contributed by atoms with Crippen molar-refractivity contribution in [1.82, 2.24) is 14.8 Å². The topological polar surface area (TPSA) is 68.0 Å². The molecule has 0 saturated heterocycles.